The van der Waals surface area contributed by atoms with Crippen LogP contribution in [0.25, 0.3) is 0 Å². The summed E-state index contributed by atoms with van der Waals surface area (Å²) in [7, 11) is 0. The molecule has 1 atom stereocenters. The normalized spacial score (nSPS) is 12.9. The molecule has 0 saturated heterocycles. The van der Waals surface area contributed by atoms with E-state index in [-0.39, 0.29) is 6.04 Å². The summed E-state index contributed by atoms with van der Waals surface area (Å²) in [6, 6.07) is 0.0648. The predicted octanol–water partition coefficient (Wildman–Crippen LogP) is 0.457. The van der Waals surface area contributed by atoms with Crippen LogP contribution in [0.15, 0.2) is 12.3 Å². The third-order valence-electron chi connectivity index (χ3n) is 0.953. The molecule has 0 fully saturated rings. The number of hydrogen-bond acceptors (Lipinski definition) is 2. The Morgan fingerprint density at radius 2 is 2.38 bits per heavy atom. The molecule has 0 amide bonds. The summed E-state index contributed by atoms with van der Waals surface area (Å²) in [6.45, 7) is 8.54. The van der Waals surface area contributed by atoms with Gasteiger partial charge in [-0.05, 0) is 13.8 Å². The van der Waals surface area contributed by atoms with Gasteiger partial charge in [-0.1, -0.05) is 6.58 Å². The zero-order valence-corrected chi connectivity index (χ0v) is 5.57. The minimum absolute atomic E-state index is 0.0648. The zero-order valence-electron chi connectivity index (χ0n) is 5.57. The summed E-state index contributed by atoms with van der Waals surface area (Å²) in [6.07, 6.45) is 0. The fraction of sp³-hybridized carbons (Fsp3) is 0.667. The lowest BCUT2D eigenvalue weighted by atomic mass is 10.3. The number of nitrogens with one attached hydrogen (secondary N) is 1. The maximum atomic E-state index is 5.46. The summed E-state index contributed by atoms with van der Waals surface area (Å²) in [5, 5.41) is 3.03. The molecule has 8 heavy (non-hydrogen) atoms. The van der Waals surface area contributed by atoms with E-state index in [0.717, 1.165) is 12.2 Å². The van der Waals surface area contributed by atoms with Gasteiger partial charge in [-0.3, -0.25) is 0 Å². The van der Waals surface area contributed by atoms with Gasteiger partial charge in [-0.15, -0.1) is 0 Å². The quantitative estimate of drug-likeness (QED) is 0.559. The van der Waals surface area contributed by atoms with Crippen molar-refractivity contribution in [3.8, 4) is 0 Å². The van der Waals surface area contributed by atoms with E-state index < -0.39 is 0 Å². The van der Waals surface area contributed by atoms with Gasteiger partial charge in [0.2, 0.25) is 0 Å². The van der Waals surface area contributed by atoms with E-state index in [1.165, 1.54) is 0 Å². The van der Waals surface area contributed by atoms with E-state index in [1.54, 1.807) is 0 Å². The van der Waals surface area contributed by atoms with Crippen molar-refractivity contribution < 1.29 is 0 Å². The molecule has 0 radical (unpaired) electrons. The zero-order chi connectivity index (χ0) is 6.57. The molecule has 48 valence electrons. The van der Waals surface area contributed by atoms with Gasteiger partial charge >= 0.3 is 0 Å². The van der Waals surface area contributed by atoms with E-state index in [0.29, 0.717) is 0 Å². The van der Waals surface area contributed by atoms with Gasteiger partial charge in [0.05, 0.1) is 0 Å². The highest BCUT2D eigenvalue weighted by atomic mass is 14.9. The van der Waals surface area contributed by atoms with Crippen LogP contribution >= 0.6 is 0 Å². The second-order valence-electron chi connectivity index (χ2n) is 1.84. The molecular formula is C6H14N2. The fourth-order valence-electron chi connectivity index (χ4n) is 0.388. The molecule has 0 rings (SSSR count). The van der Waals surface area contributed by atoms with Gasteiger partial charge in [0.15, 0.2) is 0 Å². The van der Waals surface area contributed by atoms with Gasteiger partial charge in [-0.25, -0.2) is 0 Å². The first-order valence-corrected chi connectivity index (χ1v) is 2.86. The fourth-order valence-corrected chi connectivity index (χ4v) is 0.388. The molecule has 0 aromatic carbocycles. The maximum Gasteiger partial charge on any atom is 0.0409 e. The average molecular weight is 114 g/mol. The molecule has 0 saturated carbocycles. The van der Waals surface area contributed by atoms with Crippen LogP contribution in [0, 0.1) is 0 Å². The Kier molecular flexibility index (Phi) is 3.28. The number of rotatable bonds is 3. The number of likely N-dealkylation sites (N-methyl/N-ethyl adjacent to an activating group) is 1. The molecule has 2 nitrogen and oxygen atoms in total. The average Bonchev–Trinajstić information content (AvgIpc) is 1.67. The lowest BCUT2D eigenvalue weighted by Crippen LogP contribution is -2.27. The first kappa shape index (κ1) is 7.50. The molecular weight excluding hydrogens is 100 g/mol. The van der Waals surface area contributed by atoms with Crippen LogP contribution in [0.5, 0.6) is 0 Å². The van der Waals surface area contributed by atoms with Crippen molar-refractivity contribution in [2.45, 2.75) is 19.9 Å². The minimum Gasteiger partial charge on any atom is -0.388 e. The van der Waals surface area contributed by atoms with Crippen molar-refractivity contribution in [3.63, 3.8) is 0 Å². The van der Waals surface area contributed by atoms with Crippen molar-refractivity contribution in [1.82, 2.24) is 5.32 Å². The van der Waals surface area contributed by atoms with E-state index in [9.17, 15) is 0 Å². The number of nitrogens with two attached hydrogens (primary N) is 1. The summed E-state index contributed by atoms with van der Waals surface area (Å²) >= 11 is 0. The first-order valence-electron chi connectivity index (χ1n) is 2.86. The Bertz CT molecular complexity index is 76.6. The topological polar surface area (TPSA) is 38.0 Å². The van der Waals surface area contributed by atoms with Gasteiger partial charge < -0.3 is 11.1 Å². The molecule has 1 unspecified atom stereocenters. The second kappa shape index (κ2) is 3.50. The highest BCUT2D eigenvalue weighted by Gasteiger charge is 1.94. The van der Waals surface area contributed by atoms with Crippen LogP contribution in [-0.4, -0.2) is 12.6 Å². The minimum atomic E-state index is 0.0648. The third-order valence-corrected chi connectivity index (χ3v) is 0.953. The Balaban J connectivity index is 3.33. The van der Waals surface area contributed by atoms with Crippen molar-refractivity contribution in [1.29, 1.82) is 0 Å². The lowest BCUT2D eigenvalue weighted by molar-refractivity contribution is 0.732. The van der Waals surface area contributed by atoms with Crippen LogP contribution in [0.3, 0.4) is 0 Å². The van der Waals surface area contributed by atoms with Crippen molar-refractivity contribution in [2.75, 3.05) is 6.54 Å². The summed E-state index contributed by atoms with van der Waals surface area (Å²) in [4.78, 5) is 0. The molecule has 0 aliphatic carbocycles. The Morgan fingerprint density at radius 3 is 2.50 bits per heavy atom. The van der Waals surface area contributed by atoms with Crippen LogP contribution in [0.4, 0.5) is 0 Å². The van der Waals surface area contributed by atoms with E-state index in [1.807, 2.05) is 13.8 Å². The molecule has 0 aliphatic heterocycles. The highest BCUT2D eigenvalue weighted by Crippen LogP contribution is 1.86. The van der Waals surface area contributed by atoms with Crippen molar-refractivity contribution in [2.24, 2.45) is 5.73 Å². The lowest BCUT2D eigenvalue weighted by Gasteiger charge is -2.09. The van der Waals surface area contributed by atoms with Crippen LogP contribution in [0.2, 0.25) is 0 Å². The monoisotopic (exact) mass is 114 g/mol. The van der Waals surface area contributed by atoms with E-state index in [4.69, 9.17) is 5.73 Å². The number of hydrogen-bond donors (Lipinski definition) is 2. The molecule has 0 aromatic heterocycles. The van der Waals surface area contributed by atoms with Crippen LogP contribution in [0.1, 0.15) is 13.8 Å². The molecule has 0 aromatic rings. The summed E-state index contributed by atoms with van der Waals surface area (Å²) in [5.41, 5.74) is 6.37. The summed E-state index contributed by atoms with van der Waals surface area (Å²) < 4.78 is 0. The highest BCUT2D eigenvalue weighted by molar-refractivity contribution is 4.98. The van der Waals surface area contributed by atoms with Crippen LogP contribution in [-0.2, 0) is 0 Å². The Labute approximate surface area is 50.8 Å². The van der Waals surface area contributed by atoms with E-state index >= 15 is 0 Å². The largest absolute Gasteiger partial charge is 0.388 e. The predicted molar refractivity (Wildman–Crippen MR) is 36.5 cm³/mol. The van der Waals surface area contributed by atoms with Crippen molar-refractivity contribution in [3.05, 3.63) is 12.3 Å². The smallest absolute Gasteiger partial charge is 0.0409 e. The second-order valence-corrected chi connectivity index (χ2v) is 1.84. The van der Waals surface area contributed by atoms with Gasteiger partial charge in [0.25, 0.3) is 0 Å². The van der Waals surface area contributed by atoms with Gasteiger partial charge in [-0.2, -0.15) is 0 Å². The summed E-state index contributed by atoms with van der Waals surface area (Å²) in [5.74, 6) is 0. The molecule has 0 heterocycles. The van der Waals surface area contributed by atoms with E-state index in [2.05, 4.69) is 11.9 Å². The van der Waals surface area contributed by atoms with Gasteiger partial charge in [0.1, 0.15) is 0 Å². The van der Waals surface area contributed by atoms with Crippen LogP contribution < -0.4 is 11.1 Å². The Hall–Kier alpha value is -0.500. The third kappa shape index (κ3) is 2.64. The Morgan fingerprint density at radius 1 is 1.88 bits per heavy atom. The molecule has 2 heteroatoms. The maximum absolute atomic E-state index is 5.46. The molecule has 3 N–H and O–H groups in total. The molecule has 0 aliphatic rings. The van der Waals surface area contributed by atoms with Crippen molar-refractivity contribution >= 4 is 0 Å². The molecule has 0 bridgehead atoms. The SMILES string of the molecule is C=C(NCC)C(C)N. The van der Waals surface area contributed by atoms with Gasteiger partial charge in [0, 0.05) is 18.3 Å². The standard InChI is InChI=1S/C6H14N2/c1-4-8-6(3)5(2)7/h5,8H,3-4,7H2,1-2H3. The molecule has 0 spiro atoms. The first-order chi connectivity index (χ1) is 3.68.